The zero-order valence-electron chi connectivity index (χ0n) is 30.3. The van der Waals surface area contributed by atoms with E-state index in [1.165, 1.54) is 0 Å². The molecule has 0 aliphatic carbocycles. The number of carbonyl (C=O) groups excluding carboxylic acids is 5. The Labute approximate surface area is 301 Å². The van der Waals surface area contributed by atoms with Crippen LogP contribution in [0.25, 0.3) is 0 Å². The number of nitrogens with zero attached hydrogens (tertiary/aromatic N) is 2. The lowest BCUT2D eigenvalue weighted by molar-refractivity contribution is -0.142. The normalized spacial score (nSPS) is 23.7. The minimum absolute atomic E-state index is 0.130. The Kier molecular flexibility index (Phi) is 13.0. The SMILES string of the molecule is CC(C)C[C@@H](NC(=O)[C@@H](Cc1ccccc1)N1C(=O)[C@@H](NC(=O)[C@@H](CCc2ccccc2)NC(=O)CN2CCOCC2)CC1C)C(=O)[C@@]1(C)CO1. The molecule has 0 bridgehead atoms. The van der Waals surface area contributed by atoms with Gasteiger partial charge >= 0.3 is 0 Å². The van der Waals surface area contributed by atoms with E-state index in [1.807, 2.05) is 86.3 Å². The van der Waals surface area contributed by atoms with Gasteiger partial charge in [0.25, 0.3) is 0 Å². The number of ketones is 1. The van der Waals surface area contributed by atoms with E-state index in [1.54, 1.807) is 11.8 Å². The molecule has 0 spiro atoms. The first-order valence-electron chi connectivity index (χ1n) is 18.2. The van der Waals surface area contributed by atoms with Crippen molar-refractivity contribution in [1.82, 2.24) is 25.8 Å². The van der Waals surface area contributed by atoms with Crippen LogP contribution in [0.2, 0.25) is 0 Å². The number of carbonyl (C=O) groups is 5. The molecule has 4 amide bonds. The second-order valence-corrected chi connectivity index (χ2v) is 14.7. The molecule has 51 heavy (non-hydrogen) atoms. The van der Waals surface area contributed by atoms with E-state index in [0.717, 1.165) is 11.1 Å². The fourth-order valence-corrected chi connectivity index (χ4v) is 6.98. The van der Waals surface area contributed by atoms with Gasteiger partial charge in [0, 0.05) is 25.6 Å². The summed E-state index contributed by atoms with van der Waals surface area (Å²) in [5.74, 6) is -1.56. The molecule has 3 N–H and O–H groups in total. The van der Waals surface area contributed by atoms with Crippen molar-refractivity contribution >= 4 is 29.4 Å². The predicted octanol–water partition coefficient (Wildman–Crippen LogP) is 2.04. The van der Waals surface area contributed by atoms with Gasteiger partial charge in [0.2, 0.25) is 23.6 Å². The topological polar surface area (TPSA) is 150 Å². The maximum absolute atomic E-state index is 14.2. The smallest absolute Gasteiger partial charge is 0.246 e. The van der Waals surface area contributed by atoms with Crippen molar-refractivity contribution in [2.45, 2.75) is 95.6 Å². The highest BCUT2D eigenvalue weighted by Crippen LogP contribution is 2.30. The quantitative estimate of drug-likeness (QED) is 0.212. The number of hydrogen-bond acceptors (Lipinski definition) is 8. The van der Waals surface area contributed by atoms with Crippen LogP contribution in [0, 0.1) is 5.92 Å². The van der Waals surface area contributed by atoms with Crippen LogP contribution in [-0.2, 0) is 46.3 Å². The fourth-order valence-electron chi connectivity index (χ4n) is 6.98. The van der Waals surface area contributed by atoms with Gasteiger partial charge in [-0.3, -0.25) is 28.9 Å². The van der Waals surface area contributed by atoms with Crippen LogP contribution in [0.4, 0.5) is 0 Å². The first-order valence-corrected chi connectivity index (χ1v) is 18.2. The number of hydrogen-bond donors (Lipinski definition) is 3. The fraction of sp³-hybridized carbons (Fsp3) is 0.564. The van der Waals surface area contributed by atoms with Gasteiger partial charge in [-0.1, -0.05) is 74.5 Å². The molecule has 12 heteroatoms. The van der Waals surface area contributed by atoms with E-state index in [2.05, 4.69) is 16.0 Å². The van der Waals surface area contributed by atoms with Crippen LogP contribution in [0.1, 0.15) is 58.1 Å². The van der Waals surface area contributed by atoms with Crippen molar-refractivity contribution in [3.05, 3.63) is 71.8 Å². The van der Waals surface area contributed by atoms with Crippen molar-refractivity contribution in [3.63, 3.8) is 0 Å². The molecule has 12 nitrogen and oxygen atoms in total. The Bertz CT molecular complexity index is 1510. The lowest BCUT2D eigenvalue weighted by Crippen LogP contribution is -2.57. The number of nitrogens with one attached hydrogen (secondary N) is 3. The number of ether oxygens (including phenoxy) is 2. The van der Waals surface area contributed by atoms with Crippen LogP contribution in [0.3, 0.4) is 0 Å². The van der Waals surface area contributed by atoms with Crippen LogP contribution in [-0.4, -0.2) is 114 Å². The van der Waals surface area contributed by atoms with Crippen LogP contribution in [0.5, 0.6) is 0 Å². The Morgan fingerprint density at radius 3 is 2.14 bits per heavy atom. The van der Waals surface area contributed by atoms with Crippen molar-refractivity contribution in [1.29, 1.82) is 0 Å². The van der Waals surface area contributed by atoms with Gasteiger partial charge in [-0.05, 0) is 56.6 Å². The van der Waals surface area contributed by atoms with Gasteiger partial charge in [0.05, 0.1) is 32.4 Å². The molecule has 0 radical (unpaired) electrons. The van der Waals surface area contributed by atoms with Gasteiger partial charge in [0.15, 0.2) is 5.78 Å². The van der Waals surface area contributed by atoms with Crippen LogP contribution < -0.4 is 16.0 Å². The number of morpholine rings is 1. The number of epoxide rings is 1. The maximum atomic E-state index is 14.2. The summed E-state index contributed by atoms with van der Waals surface area (Å²) < 4.78 is 10.8. The molecule has 5 rings (SSSR count). The van der Waals surface area contributed by atoms with E-state index in [4.69, 9.17) is 9.47 Å². The molecule has 3 saturated heterocycles. The van der Waals surface area contributed by atoms with Gasteiger partial charge in [-0.15, -0.1) is 0 Å². The average molecular weight is 704 g/mol. The summed E-state index contributed by atoms with van der Waals surface area (Å²) in [5.41, 5.74) is 0.974. The third-order valence-electron chi connectivity index (χ3n) is 9.96. The molecule has 3 fully saturated rings. The molecule has 2 aromatic carbocycles. The summed E-state index contributed by atoms with van der Waals surface area (Å²) in [5, 5.41) is 8.83. The summed E-state index contributed by atoms with van der Waals surface area (Å²) in [6.45, 7) is 10.4. The van der Waals surface area contributed by atoms with E-state index >= 15 is 0 Å². The summed E-state index contributed by atoms with van der Waals surface area (Å²) in [6, 6.07) is 15.3. The number of benzene rings is 2. The Balaban J connectivity index is 1.31. The summed E-state index contributed by atoms with van der Waals surface area (Å²) in [4.78, 5) is 72.3. The highest BCUT2D eigenvalue weighted by atomic mass is 16.6. The summed E-state index contributed by atoms with van der Waals surface area (Å²) in [6.07, 6.45) is 1.86. The van der Waals surface area contributed by atoms with Gasteiger partial charge in [-0.25, -0.2) is 0 Å². The van der Waals surface area contributed by atoms with E-state index < -0.39 is 41.6 Å². The number of likely N-dealkylation sites (tertiary alicyclic amines) is 1. The molecule has 6 atom stereocenters. The molecular weight excluding hydrogens is 650 g/mol. The number of amides is 4. The van der Waals surface area contributed by atoms with Crippen LogP contribution >= 0.6 is 0 Å². The Hall–Kier alpha value is -4.13. The molecule has 3 aliphatic heterocycles. The maximum Gasteiger partial charge on any atom is 0.246 e. The molecule has 0 aromatic heterocycles. The van der Waals surface area contributed by atoms with Gasteiger partial charge < -0.3 is 30.3 Å². The highest BCUT2D eigenvalue weighted by molar-refractivity contribution is 5.99. The van der Waals surface area contributed by atoms with Crippen molar-refractivity contribution in [3.8, 4) is 0 Å². The zero-order chi connectivity index (χ0) is 36.5. The van der Waals surface area contributed by atoms with Gasteiger partial charge in [0.1, 0.15) is 23.7 Å². The first-order chi connectivity index (χ1) is 24.4. The van der Waals surface area contributed by atoms with Crippen molar-refractivity contribution < 1.29 is 33.4 Å². The third-order valence-corrected chi connectivity index (χ3v) is 9.96. The number of Topliss-reactive ketones (excluding diaryl/α,β-unsaturated/α-hetero) is 1. The molecule has 3 heterocycles. The molecule has 2 aromatic rings. The molecule has 276 valence electrons. The average Bonchev–Trinajstić information content (AvgIpc) is 3.81. The highest BCUT2D eigenvalue weighted by Gasteiger charge is 2.51. The lowest BCUT2D eigenvalue weighted by atomic mass is 9.92. The summed E-state index contributed by atoms with van der Waals surface area (Å²) >= 11 is 0. The molecular formula is C39H53N5O7. The largest absolute Gasteiger partial charge is 0.379 e. The van der Waals surface area contributed by atoms with Crippen molar-refractivity contribution in [2.24, 2.45) is 5.92 Å². The Morgan fingerprint density at radius 1 is 0.902 bits per heavy atom. The van der Waals surface area contributed by atoms with Crippen molar-refractivity contribution in [2.75, 3.05) is 39.5 Å². The number of rotatable bonds is 17. The predicted molar refractivity (Wildman–Crippen MR) is 191 cm³/mol. The molecule has 3 aliphatic rings. The minimum atomic E-state index is -0.922. The second kappa shape index (κ2) is 17.4. The zero-order valence-corrected chi connectivity index (χ0v) is 30.3. The molecule has 0 saturated carbocycles. The third kappa shape index (κ3) is 10.5. The van der Waals surface area contributed by atoms with E-state index in [9.17, 15) is 24.0 Å². The number of aryl methyl sites for hydroxylation is 1. The van der Waals surface area contributed by atoms with E-state index in [0.29, 0.717) is 52.2 Å². The van der Waals surface area contributed by atoms with E-state index in [-0.39, 0.29) is 48.9 Å². The Morgan fingerprint density at radius 2 is 1.53 bits per heavy atom. The lowest BCUT2D eigenvalue weighted by Gasteiger charge is -2.33. The molecule has 1 unspecified atom stereocenters. The van der Waals surface area contributed by atoms with Gasteiger partial charge in [-0.2, -0.15) is 0 Å². The standard InChI is InChI=1S/C39H53N5O7/c1-26(2)21-31(35(46)39(4)25-51-39)41-37(48)33(23-29-13-9-6-10-14-29)44-27(3)22-32(38(44)49)42-36(47)30(16-15-28-11-7-5-8-12-28)40-34(45)24-43-17-19-50-20-18-43/h5-14,26-27,30-33H,15-25H2,1-4H3,(H,40,45)(H,41,48)(H,42,47)/t27?,30-,31-,32+,33-,39-/m1/s1. The van der Waals surface area contributed by atoms with Crippen LogP contribution in [0.15, 0.2) is 60.7 Å². The summed E-state index contributed by atoms with van der Waals surface area (Å²) in [7, 11) is 0. The second-order valence-electron chi connectivity index (χ2n) is 14.7. The monoisotopic (exact) mass is 703 g/mol. The minimum Gasteiger partial charge on any atom is -0.379 e. The first kappa shape index (κ1) is 38.1.